The van der Waals surface area contributed by atoms with Crippen LogP contribution < -0.4 is 0 Å². The zero-order chi connectivity index (χ0) is 5.70. The van der Waals surface area contributed by atoms with Crippen molar-refractivity contribution in [1.82, 2.24) is 0 Å². The van der Waals surface area contributed by atoms with Gasteiger partial charge in [0, 0.05) is 8.29 Å². The van der Waals surface area contributed by atoms with E-state index in [4.69, 9.17) is 4.18 Å². The molecule has 1 nitrogen and oxygen atoms in total. The summed E-state index contributed by atoms with van der Waals surface area (Å²) in [5, 5.41) is 0. The van der Waals surface area contributed by atoms with Crippen molar-refractivity contribution >= 4 is 60.2 Å². The van der Waals surface area contributed by atoms with Gasteiger partial charge in [0.15, 0.2) is 0 Å². The molecule has 0 aromatic carbocycles. The summed E-state index contributed by atoms with van der Waals surface area (Å²) in [5.41, 5.74) is 0. The van der Waals surface area contributed by atoms with Crippen LogP contribution in [0.4, 0.5) is 0 Å². The summed E-state index contributed by atoms with van der Waals surface area (Å²) < 4.78 is 4.89. The molecule has 0 rings (SSSR count). The Morgan fingerprint density at radius 3 is 2.12 bits per heavy atom. The normalized spacial score (nSPS) is 8.75. The molecule has 0 aromatic rings. The molecule has 0 fully saturated rings. The van der Waals surface area contributed by atoms with Crippen molar-refractivity contribution in [3.05, 3.63) is 0 Å². The molecular weight excluding hydrogens is 171 g/mol. The Labute approximate surface area is 83.5 Å². The Balaban J connectivity index is 0. The molecule has 0 aliphatic carbocycles. The van der Waals surface area contributed by atoms with E-state index in [-0.39, 0.29) is 29.6 Å². The van der Waals surface area contributed by atoms with E-state index in [0.717, 1.165) is 13.0 Å². The maximum absolute atomic E-state index is 4.89. The molecule has 46 valence electrons. The Morgan fingerprint density at radius 1 is 1.50 bits per heavy atom. The summed E-state index contributed by atoms with van der Waals surface area (Å²) in [6.07, 6.45) is 1.01. The maximum atomic E-state index is 4.89. The number of rotatable bonds is 3. The van der Waals surface area contributed by atoms with Crippen LogP contribution in [-0.2, 0) is 34.9 Å². The first-order chi connectivity index (χ1) is 3.27. The first kappa shape index (κ1) is 12.4. The zero-order valence-electron chi connectivity index (χ0n) is 4.09. The molecular formula is C3H9NaOS3. The van der Waals surface area contributed by atoms with Gasteiger partial charge in [-0.25, -0.2) is 0 Å². The van der Waals surface area contributed by atoms with Crippen LogP contribution in [-0.4, -0.2) is 36.2 Å². The molecule has 0 saturated heterocycles. The average Bonchev–Trinajstić information content (AvgIpc) is 1.61. The Bertz CT molecular complexity index is 92.7. The molecule has 0 radical (unpaired) electrons. The monoisotopic (exact) mass is 180 g/mol. The molecule has 0 heterocycles. The van der Waals surface area contributed by atoms with E-state index in [0.29, 0.717) is 0 Å². The predicted octanol–water partition coefficient (Wildman–Crippen LogP) is -0.0461. The summed E-state index contributed by atoms with van der Waals surface area (Å²) in [5.74, 6) is 0. The molecule has 0 unspecified atom stereocenters. The second-order valence-electron chi connectivity index (χ2n) is 1.06. The third-order valence-electron chi connectivity index (χ3n) is 0.401. The zero-order valence-corrected chi connectivity index (χ0v) is 6.61. The summed E-state index contributed by atoms with van der Waals surface area (Å²) in [6, 6.07) is 0. The van der Waals surface area contributed by atoms with Gasteiger partial charge in [0.25, 0.3) is 0 Å². The standard InChI is InChI=1S/C3H8OS3.Na.H/c1-2-3-4-7(5)6;;/h7H,2-3H2,1H3;;. The van der Waals surface area contributed by atoms with Crippen molar-refractivity contribution < 1.29 is 4.18 Å². The van der Waals surface area contributed by atoms with Gasteiger partial charge in [0.1, 0.15) is 0 Å². The molecule has 0 atom stereocenters. The van der Waals surface area contributed by atoms with Gasteiger partial charge < -0.3 is 4.18 Å². The summed E-state index contributed by atoms with van der Waals surface area (Å²) in [4.78, 5) is 0. The molecule has 0 aliphatic rings. The van der Waals surface area contributed by atoms with E-state index in [1.165, 1.54) is 0 Å². The minimum atomic E-state index is -0.940. The second kappa shape index (κ2) is 8.75. The summed E-state index contributed by atoms with van der Waals surface area (Å²) >= 11 is 9.20. The fourth-order valence-electron chi connectivity index (χ4n) is 0.166. The van der Waals surface area contributed by atoms with E-state index < -0.39 is 8.29 Å². The van der Waals surface area contributed by atoms with Crippen LogP contribution in [0.5, 0.6) is 0 Å². The quantitative estimate of drug-likeness (QED) is 0.482. The number of thiol groups is 1. The molecule has 0 aromatic heterocycles. The molecule has 0 bridgehead atoms. The third kappa shape index (κ3) is 10.7. The van der Waals surface area contributed by atoms with E-state index in [1.54, 1.807) is 0 Å². The van der Waals surface area contributed by atoms with Gasteiger partial charge >= 0.3 is 29.6 Å². The molecule has 0 aliphatic heterocycles. The van der Waals surface area contributed by atoms with E-state index in [2.05, 4.69) is 22.4 Å². The van der Waals surface area contributed by atoms with Crippen molar-refractivity contribution in [3.63, 3.8) is 0 Å². The van der Waals surface area contributed by atoms with Gasteiger partial charge in [-0.05, 0) is 28.8 Å². The molecule has 0 spiro atoms. The summed E-state index contributed by atoms with van der Waals surface area (Å²) in [7, 11) is -0.940. The molecule has 8 heavy (non-hydrogen) atoms. The van der Waals surface area contributed by atoms with Crippen molar-refractivity contribution in [2.75, 3.05) is 6.61 Å². The van der Waals surface area contributed by atoms with Crippen LogP contribution in [0.2, 0.25) is 0 Å². The fourth-order valence-corrected chi connectivity index (χ4v) is 0.945. The SMILES string of the molecule is CCCO[SH](=S)=S.[NaH]. The van der Waals surface area contributed by atoms with E-state index in [9.17, 15) is 0 Å². The van der Waals surface area contributed by atoms with Crippen LogP contribution in [0.3, 0.4) is 0 Å². The molecule has 0 amide bonds. The first-order valence-electron chi connectivity index (χ1n) is 2.04. The first-order valence-corrected chi connectivity index (χ1v) is 5.33. The fraction of sp³-hybridized carbons (Fsp3) is 1.00. The third-order valence-corrected chi connectivity index (χ3v) is 1.43. The topological polar surface area (TPSA) is 9.23 Å². The van der Waals surface area contributed by atoms with Crippen LogP contribution >= 0.6 is 0 Å². The number of hydrogen-bond acceptors (Lipinski definition) is 3. The minimum absolute atomic E-state index is 0. The van der Waals surface area contributed by atoms with Gasteiger partial charge in [-0.2, -0.15) is 0 Å². The Hall–Kier alpha value is 1.75. The second-order valence-corrected chi connectivity index (χ2v) is 4.45. The number of hydrogen-bond donors (Lipinski definition) is 1. The Morgan fingerprint density at radius 2 is 2.00 bits per heavy atom. The molecule has 0 saturated carbocycles. The van der Waals surface area contributed by atoms with Crippen LogP contribution in [0, 0.1) is 0 Å². The van der Waals surface area contributed by atoms with Gasteiger partial charge in [0.2, 0.25) is 0 Å². The van der Waals surface area contributed by atoms with Gasteiger partial charge in [0.05, 0.1) is 6.61 Å². The van der Waals surface area contributed by atoms with Crippen LogP contribution in [0.1, 0.15) is 13.3 Å². The molecule has 5 heteroatoms. The van der Waals surface area contributed by atoms with Crippen molar-refractivity contribution in [2.45, 2.75) is 13.3 Å². The van der Waals surface area contributed by atoms with Crippen molar-refractivity contribution in [3.8, 4) is 0 Å². The van der Waals surface area contributed by atoms with Gasteiger partial charge in [-0.15, -0.1) is 0 Å². The Kier molecular flexibility index (Phi) is 13.6. The average molecular weight is 180 g/mol. The van der Waals surface area contributed by atoms with Gasteiger partial charge in [-0.1, -0.05) is 6.92 Å². The summed E-state index contributed by atoms with van der Waals surface area (Å²) in [6.45, 7) is 2.75. The molecule has 0 N–H and O–H groups in total. The van der Waals surface area contributed by atoms with Gasteiger partial charge in [-0.3, -0.25) is 0 Å². The van der Waals surface area contributed by atoms with Crippen molar-refractivity contribution in [2.24, 2.45) is 0 Å². The van der Waals surface area contributed by atoms with Crippen LogP contribution in [0.15, 0.2) is 0 Å². The van der Waals surface area contributed by atoms with Crippen molar-refractivity contribution in [1.29, 1.82) is 0 Å². The van der Waals surface area contributed by atoms with E-state index in [1.807, 2.05) is 6.92 Å². The van der Waals surface area contributed by atoms with E-state index >= 15 is 0 Å². The van der Waals surface area contributed by atoms with Crippen LogP contribution in [0.25, 0.3) is 0 Å². The predicted molar refractivity (Wildman–Crippen MR) is 46.9 cm³/mol.